The second kappa shape index (κ2) is 6.59. The fraction of sp³-hybridized carbons (Fsp3) is 0.357. The van der Waals surface area contributed by atoms with Crippen molar-refractivity contribution in [2.45, 2.75) is 26.8 Å². The van der Waals surface area contributed by atoms with E-state index in [0.717, 1.165) is 24.2 Å². The summed E-state index contributed by atoms with van der Waals surface area (Å²) in [6.07, 6.45) is 2.92. The standard InChI is InChI=1S/C14H17ClN2O2/c1-3-6-16-8-12-9-18-14(17-12)19-13-7-11(15)5-4-10(13)2/h4-5,7,9,16H,3,6,8H2,1-2H3. The predicted molar refractivity (Wildman–Crippen MR) is 74.8 cm³/mol. The van der Waals surface area contributed by atoms with Crippen LogP contribution in [0.15, 0.2) is 28.9 Å². The Morgan fingerprint density at radius 3 is 3.05 bits per heavy atom. The van der Waals surface area contributed by atoms with Crippen molar-refractivity contribution < 1.29 is 9.15 Å². The molecular formula is C14H17ClN2O2. The molecule has 0 unspecified atom stereocenters. The van der Waals surface area contributed by atoms with E-state index >= 15 is 0 Å². The number of nitrogens with one attached hydrogen (secondary N) is 1. The van der Waals surface area contributed by atoms with Crippen molar-refractivity contribution in [2.24, 2.45) is 0 Å². The number of hydrogen-bond donors (Lipinski definition) is 1. The molecule has 0 bridgehead atoms. The first-order valence-corrected chi connectivity index (χ1v) is 6.66. The van der Waals surface area contributed by atoms with Crippen molar-refractivity contribution in [1.29, 1.82) is 0 Å². The number of benzene rings is 1. The first kappa shape index (κ1) is 13.9. The zero-order valence-corrected chi connectivity index (χ0v) is 11.8. The van der Waals surface area contributed by atoms with Crippen molar-refractivity contribution in [2.75, 3.05) is 6.54 Å². The van der Waals surface area contributed by atoms with E-state index in [1.807, 2.05) is 19.1 Å². The molecule has 2 aromatic rings. The second-order valence-corrected chi connectivity index (χ2v) is 4.73. The number of ether oxygens (including phenoxy) is 1. The molecule has 102 valence electrons. The van der Waals surface area contributed by atoms with Crippen LogP contribution >= 0.6 is 11.6 Å². The molecule has 1 aromatic carbocycles. The predicted octanol–water partition coefficient (Wildman–Crippen LogP) is 3.93. The summed E-state index contributed by atoms with van der Waals surface area (Å²) >= 11 is 5.93. The van der Waals surface area contributed by atoms with Gasteiger partial charge in [0, 0.05) is 11.6 Å². The van der Waals surface area contributed by atoms with Crippen LogP contribution in [0, 0.1) is 6.92 Å². The van der Waals surface area contributed by atoms with Gasteiger partial charge in [0.1, 0.15) is 12.0 Å². The van der Waals surface area contributed by atoms with E-state index in [2.05, 4.69) is 17.2 Å². The van der Waals surface area contributed by atoms with Gasteiger partial charge in [-0.1, -0.05) is 24.6 Å². The molecule has 5 heteroatoms. The quantitative estimate of drug-likeness (QED) is 0.815. The lowest BCUT2D eigenvalue weighted by Crippen LogP contribution is -2.13. The lowest BCUT2D eigenvalue weighted by atomic mass is 10.2. The number of aromatic nitrogens is 1. The van der Waals surface area contributed by atoms with E-state index in [-0.39, 0.29) is 6.08 Å². The van der Waals surface area contributed by atoms with E-state index in [4.69, 9.17) is 20.8 Å². The Balaban J connectivity index is 2.01. The summed E-state index contributed by atoms with van der Waals surface area (Å²) in [6, 6.07) is 5.46. The molecular weight excluding hydrogens is 264 g/mol. The number of oxazole rings is 1. The summed E-state index contributed by atoms with van der Waals surface area (Å²) in [7, 11) is 0. The zero-order chi connectivity index (χ0) is 13.7. The smallest absolute Gasteiger partial charge is 0.399 e. The van der Waals surface area contributed by atoms with Crippen molar-refractivity contribution in [3.05, 3.63) is 40.7 Å². The van der Waals surface area contributed by atoms with E-state index in [1.165, 1.54) is 0 Å². The minimum atomic E-state index is 0.235. The number of aryl methyl sites for hydroxylation is 1. The van der Waals surface area contributed by atoms with E-state index in [1.54, 1.807) is 12.3 Å². The molecule has 1 heterocycles. The van der Waals surface area contributed by atoms with Gasteiger partial charge >= 0.3 is 6.08 Å². The van der Waals surface area contributed by atoms with Gasteiger partial charge in [0.2, 0.25) is 0 Å². The molecule has 1 aromatic heterocycles. The highest BCUT2D eigenvalue weighted by molar-refractivity contribution is 6.30. The van der Waals surface area contributed by atoms with Gasteiger partial charge in [-0.15, -0.1) is 0 Å². The van der Waals surface area contributed by atoms with Gasteiger partial charge in [0.05, 0.1) is 5.69 Å². The number of halogens is 1. The highest BCUT2D eigenvalue weighted by Gasteiger charge is 2.08. The largest absolute Gasteiger partial charge is 0.417 e. The van der Waals surface area contributed by atoms with Gasteiger partial charge < -0.3 is 14.5 Å². The Morgan fingerprint density at radius 2 is 2.26 bits per heavy atom. The monoisotopic (exact) mass is 280 g/mol. The summed E-state index contributed by atoms with van der Waals surface area (Å²) < 4.78 is 10.9. The van der Waals surface area contributed by atoms with Crippen molar-refractivity contribution in [1.82, 2.24) is 10.3 Å². The third kappa shape index (κ3) is 3.98. The summed E-state index contributed by atoms with van der Waals surface area (Å²) in [5.74, 6) is 0.655. The maximum atomic E-state index is 5.93. The minimum absolute atomic E-state index is 0.235. The van der Waals surface area contributed by atoms with Crippen LogP contribution in [-0.2, 0) is 6.54 Å². The number of nitrogens with zero attached hydrogens (tertiary/aromatic N) is 1. The van der Waals surface area contributed by atoms with E-state index in [9.17, 15) is 0 Å². The molecule has 0 amide bonds. The average Bonchev–Trinajstić information content (AvgIpc) is 2.82. The highest BCUT2D eigenvalue weighted by Crippen LogP contribution is 2.27. The summed E-state index contributed by atoms with van der Waals surface area (Å²) in [5, 5.41) is 3.87. The van der Waals surface area contributed by atoms with Crippen LogP contribution in [0.4, 0.5) is 0 Å². The van der Waals surface area contributed by atoms with Crippen molar-refractivity contribution >= 4 is 11.6 Å². The Hall–Kier alpha value is -1.52. The van der Waals surface area contributed by atoms with Crippen LogP contribution in [0.2, 0.25) is 5.02 Å². The molecule has 1 N–H and O–H groups in total. The lowest BCUT2D eigenvalue weighted by Gasteiger charge is -2.04. The molecule has 2 rings (SSSR count). The first-order valence-electron chi connectivity index (χ1n) is 6.28. The fourth-order valence-electron chi connectivity index (χ4n) is 1.59. The fourth-order valence-corrected chi connectivity index (χ4v) is 1.75. The van der Waals surface area contributed by atoms with Crippen molar-refractivity contribution in [3.63, 3.8) is 0 Å². The van der Waals surface area contributed by atoms with Gasteiger partial charge in [-0.25, -0.2) is 0 Å². The summed E-state index contributed by atoms with van der Waals surface area (Å²) in [4.78, 5) is 4.25. The van der Waals surface area contributed by atoms with Crippen LogP contribution in [-0.4, -0.2) is 11.5 Å². The van der Waals surface area contributed by atoms with Crippen LogP contribution < -0.4 is 10.1 Å². The molecule has 0 atom stereocenters. The van der Waals surface area contributed by atoms with Gasteiger partial charge in [0.25, 0.3) is 0 Å². The molecule has 0 saturated carbocycles. The van der Waals surface area contributed by atoms with Crippen LogP contribution in [0.1, 0.15) is 24.6 Å². The summed E-state index contributed by atoms with van der Waals surface area (Å²) in [5.41, 5.74) is 1.80. The molecule has 0 fully saturated rings. The third-order valence-corrected chi connectivity index (χ3v) is 2.85. The maximum absolute atomic E-state index is 5.93. The average molecular weight is 281 g/mol. The second-order valence-electron chi connectivity index (χ2n) is 4.29. The Bertz CT molecular complexity index is 540. The number of rotatable bonds is 6. The first-order chi connectivity index (χ1) is 9.19. The minimum Gasteiger partial charge on any atom is -0.417 e. The maximum Gasteiger partial charge on any atom is 0.399 e. The molecule has 19 heavy (non-hydrogen) atoms. The summed E-state index contributed by atoms with van der Waals surface area (Å²) in [6.45, 7) is 5.69. The molecule has 0 aliphatic heterocycles. The Labute approximate surface area is 117 Å². The molecule has 4 nitrogen and oxygen atoms in total. The van der Waals surface area contributed by atoms with Gasteiger partial charge in [0.15, 0.2) is 0 Å². The van der Waals surface area contributed by atoms with Crippen LogP contribution in [0.3, 0.4) is 0 Å². The normalized spacial score (nSPS) is 10.7. The molecule has 0 radical (unpaired) electrons. The molecule has 0 spiro atoms. The topological polar surface area (TPSA) is 47.3 Å². The molecule has 0 aliphatic rings. The SMILES string of the molecule is CCCNCc1coc(Oc2cc(Cl)ccc2C)n1. The van der Waals surface area contributed by atoms with Gasteiger partial charge in [-0.3, -0.25) is 0 Å². The van der Waals surface area contributed by atoms with E-state index < -0.39 is 0 Å². The van der Waals surface area contributed by atoms with Crippen LogP contribution in [0.25, 0.3) is 0 Å². The lowest BCUT2D eigenvalue weighted by molar-refractivity contribution is 0.329. The highest BCUT2D eigenvalue weighted by atomic mass is 35.5. The number of hydrogen-bond acceptors (Lipinski definition) is 4. The van der Waals surface area contributed by atoms with Crippen molar-refractivity contribution in [3.8, 4) is 11.8 Å². The van der Waals surface area contributed by atoms with Gasteiger partial charge in [-0.05, 0) is 37.6 Å². The van der Waals surface area contributed by atoms with Gasteiger partial charge in [-0.2, -0.15) is 4.98 Å². The molecule has 0 saturated heterocycles. The third-order valence-electron chi connectivity index (χ3n) is 2.61. The van der Waals surface area contributed by atoms with E-state index in [0.29, 0.717) is 17.3 Å². The Morgan fingerprint density at radius 1 is 1.42 bits per heavy atom. The Kier molecular flexibility index (Phi) is 4.82. The molecule has 0 aliphatic carbocycles. The van der Waals surface area contributed by atoms with Crippen LogP contribution in [0.5, 0.6) is 11.8 Å². The zero-order valence-electron chi connectivity index (χ0n) is 11.1.